The first-order chi connectivity index (χ1) is 13.4. The highest BCUT2D eigenvalue weighted by Crippen LogP contribution is 2.25. The van der Waals surface area contributed by atoms with Gasteiger partial charge in [-0.05, 0) is 41.5 Å². The fourth-order valence-electron chi connectivity index (χ4n) is 2.19. The first kappa shape index (κ1) is 19.7. The fourth-order valence-corrected chi connectivity index (χ4v) is 2.83. The SMILES string of the molecule is O=C1CSC(=NN=Cc2cccc(COc3ccc(OC(F)(F)F)cc3)c2)N1. The van der Waals surface area contributed by atoms with Gasteiger partial charge in [0, 0.05) is 0 Å². The molecule has 0 atom stereocenters. The molecule has 0 saturated carbocycles. The maximum Gasteiger partial charge on any atom is 0.573 e. The minimum atomic E-state index is -4.72. The summed E-state index contributed by atoms with van der Waals surface area (Å²) in [6, 6.07) is 12.5. The number of carbonyl (C=O) groups excluding carboxylic acids is 1. The minimum Gasteiger partial charge on any atom is -0.489 e. The van der Waals surface area contributed by atoms with E-state index in [1.807, 2.05) is 24.3 Å². The molecular formula is C18H14F3N3O3S. The van der Waals surface area contributed by atoms with Gasteiger partial charge in [-0.1, -0.05) is 30.0 Å². The summed E-state index contributed by atoms with van der Waals surface area (Å²) < 4.78 is 45.8. The molecule has 1 fully saturated rings. The van der Waals surface area contributed by atoms with Crippen LogP contribution in [0.2, 0.25) is 0 Å². The van der Waals surface area contributed by atoms with Crippen molar-refractivity contribution in [3.8, 4) is 11.5 Å². The van der Waals surface area contributed by atoms with Crippen LogP contribution < -0.4 is 14.8 Å². The molecule has 146 valence electrons. The van der Waals surface area contributed by atoms with Gasteiger partial charge in [-0.3, -0.25) is 4.79 Å². The van der Waals surface area contributed by atoms with E-state index in [0.29, 0.717) is 16.7 Å². The Bertz CT molecular complexity index is 899. The average molecular weight is 409 g/mol. The Balaban J connectivity index is 1.55. The van der Waals surface area contributed by atoms with E-state index in [-0.39, 0.29) is 18.3 Å². The fraction of sp³-hybridized carbons (Fsp3) is 0.167. The number of amides is 1. The molecule has 10 heteroatoms. The first-order valence-corrected chi connectivity index (χ1v) is 8.97. The lowest BCUT2D eigenvalue weighted by molar-refractivity contribution is -0.274. The van der Waals surface area contributed by atoms with Crippen molar-refractivity contribution in [3.05, 3.63) is 59.7 Å². The van der Waals surface area contributed by atoms with Crippen LogP contribution in [-0.4, -0.2) is 29.4 Å². The van der Waals surface area contributed by atoms with Crippen LogP contribution in [0.4, 0.5) is 13.2 Å². The summed E-state index contributed by atoms with van der Waals surface area (Å²) in [6.45, 7) is 0.224. The summed E-state index contributed by atoms with van der Waals surface area (Å²) in [7, 11) is 0. The van der Waals surface area contributed by atoms with Gasteiger partial charge in [0.15, 0.2) is 5.17 Å². The van der Waals surface area contributed by atoms with Crippen LogP contribution in [0.25, 0.3) is 0 Å². The summed E-state index contributed by atoms with van der Waals surface area (Å²) in [5, 5.41) is 10.9. The van der Waals surface area contributed by atoms with Crippen molar-refractivity contribution in [2.45, 2.75) is 13.0 Å². The van der Waals surface area contributed by atoms with E-state index >= 15 is 0 Å². The van der Waals surface area contributed by atoms with Gasteiger partial charge in [-0.15, -0.1) is 18.3 Å². The largest absolute Gasteiger partial charge is 0.573 e. The van der Waals surface area contributed by atoms with Gasteiger partial charge >= 0.3 is 6.36 Å². The lowest BCUT2D eigenvalue weighted by Gasteiger charge is -2.10. The van der Waals surface area contributed by atoms with Gasteiger partial charge in [0.05, 0.1) is 12.0 Å². The van der Waals surface area contributed by atoms with E-state index < -0.39 is 6.36 Å². The zero-order valence-corrected chi connectivity index (χ0v) is 15.1. The normalized spacial score (nSPS) is 15.8. The van der Waals surface area contributed by atoms with Crippen molar-refractivity contribution in [1.29, 1.82) is 0 Å². The molecule has 1 aliphatic rings. The second kappa shape index (κ2) is 8.79. The molecule has 0 spiro atoms. The molecule has 0 radical (unpaired) electrons. The highest BCUT2D eigenvalue weighted by Gasteiger charge is 2.30. The summed E-state index contributed by atoms with van der Waals surface area (Å²) in [5.74, 6) is 0.339. The van der Waals surface area contributed by atoms with Gasteiger partial charge in [-0.25, -0.2) is 0 Å². The highest BCUT2D eigenvalue weighted by atomic mass is 32.2. The monoisotopic (exact) mass is 409 g/mol. The number of amidine groups is 1. The van der Waals surface area contributed by atoms with Crippen molar-refractivity contribution >= 4 is 29.1 Å². The lowest BCUT2D eigenvalue weighted by atomic mass is 10.1. The van der Waals surface area contributed by atoms with Crippen molar-refractivity contribution < 1.29 is 27.4 Å². The molecule has 3 rings (SSSR count). The summed E-state index contributed by atoms with van der Waals surface area (Å²) in [5.41, 5.74) is 1.63. The number of hydrogen-bond acceptors (Lipinski definition) is 6. The van der Waals surface area contributed by atoms with Crippen LogP contribution in [0.15, 0.2) is 58.7 Å². The number of nitrogens with one attached hydrogen (secondary N) is 1. The first-order valence-electron chi connectivity index (χ1n) is 7.99. The smallest absolute Gasteiger partial charge is 0.489 e. The average Bonchev–Trinajstić information content (AvgIpc) is 3.05. The third-order valence-electron chi connectivity index (χ3n) is 3.36. The molecule has 6 nitrogen and oxygen atoms in total. The Morgan fingerprint density at radius 3 is 2.57 bits per heavy atom. The van der Waals surface area contributed by atoms with E-state index in [4.69, 9.17) is 4.74 Å². The Morgan fingerprint density at radius 2 is 1.89 bits per heavy atom. The van der Waals surface area contributed by atoms with E-state index in [0.717, 1.165) is 11.1 Å². The van der Waals surface area contributed by atoms with E-state index in [1.54, 1.807) is 6.21 Å². The van der Waals surface area contributed by atoms with Crippen LogP contribution in [-0.2, 0) is 11.4 Å². The molecule has 1 amide bonds. The van der Waals surface area contributed by atoms with Gasteiger partial charge in [0.25, 0.3) is 0 Å². The highest BCUT2D eigenvalue weighted by molar-refractivity contribution is 8.15. The molecule has 0 bridgehead atoms. The molecule has 1 saturated heterocycles. The number of alkyl halides is 3. The summed E-state index contributed by atoms with van der Waals surface area (Å²) in [6.07, 6.45) is -3.18. The predicted molar refractivity (Wildman–Crippen MR) is 99.5 cm³/mol. The number of nitrogens with zero attached hydrogens (tertiary/aromatic N) is 2. The van der Waals surface area contributed by atoms with Crippen molar-refractivity contribution in [2.75, 3.05) is 5.75 Å². The van der Waals surface area contributed by atoms with Gasteiger partial charge in [-0.2, -0.15) is 5.10 Å². The number of hydrogen-bond donors (Lipinski definition) is 1. The van der Waals surface area contributed by atoms with Crippen LogP contribution in [0.1, 0.15) is 11.1 Å². The molecule has 2 aromatic rings. The van der Waals surface area contributed by atoms with Crippen LogP contribution in [0.5, 0.6) is 11.5 Å². The number of rotatable bonds is 6. The third-order valence-corrected chi connectivity index (χ3v) is 4.22. The Hall–Kier alpha value is -3.01. The Labute approximate surface area is 162 Å². The van der Waals surface area contributed by atoms with Crippen LogP contribution in [0.3, 0.4) is 0 Å². The lowest BCUT2D eigenvalue weighted by Crippen LogP contribution is -2.19. The summed E-state index contributed by atoms with van der Waals surface area (Å²) >= 11 is 1.28. The number of ether oxygens (including phenoxy) is 2. The Kier molecular flexibility index (Phi) is 6.19. The second-order valence-corrected chi connectivity index (χ2v) is 6.50. The molecule has 1 N–H and O–H groups in total. The van der Waals surface area contributed by atoms with Crippen LogP contribution >= 0.6 is 11.8 Å². The minimum absolute atomic E-state index is 0.101. The van der Waals surface area contributed by atoms with E-state index in [2.05, 4.69) is 20.3 Å². The molecule has 0 unspecified atom stereocenters. The quantitative estimate of drug-likeness (QED) is 0.583. The van der Waals surface area contributed by atoms with Crippen molar-refractivity contribution in [3.63, 3.8) is 0 Å². The van der Waals surface area contributed by atoms with E-state index in [9.17, 15) is 18.0 Å². The zero-order chi connectivity index (χ0) is 20.0. The van der Waals surface area contributed by atoms with Crippen molar-refractivity contribution in [1.82, 2.24) is 5.32 Å². The topological polar surface area (TPSA) is 72.3 Å². The number of benzene rings is 2. The van der Waals surface area contributed by atoms with Gasteiger partial charge < -0.3 is 14.8 Å². The molecule has 1 heterocycles. The molecule has 1 aliphatic heterocycles. The molecule has 0 aromatic heterocycles. The molecular weight excluding hydrogens is 395 g/mol. The molecule has 2 aromatic carbocycles. The number of halogens is 3. The third kappa shape index (κ3) is 6.31. The number of carbonyl (C=O) groups is 1. The number of thioether (sulfide) groups is 1. The summed E-state index contributed by atoms with van der Waals surface area (Å²) in [4.78, 5) is 11.1. The second-order valence-electron chi connectivity index (χ2n) is 5.54. The van der Waals surface area contributed by atoms with Gasteiger partial charge in [0.2, 0.25) is 5.91 Å². The van der Waals surface area contributed by atoms with Crippen molar-refractivity contribution in [2.24, 2.45) is 10.2 Å². The maximum atomic E-state index is 12.2. The standard InChI is InChI=1S/C18H14F3N3O3S/c19-18(20,21)27-15-6-4-14(5-7-15)26-10-13-3-1-2-12(8-13)9-22-24-17-23-16(25)11-28-17/h1-9H,10-11H2,(H,23,24,25). The molecule has 28 heavy (non-hydrogen) atoms. The maximum absolute atomic E-state index is 12.2. The van der Waals surface area contributed by atoms with E-state index in [1.165, 1.54) is 36.0 Å². The molecule has 0 aliphatic carbocycles. The van der Waals surface area contributed by atoms with Gasteiger partial charge in [0.1, 0.15) is 18.1 Å². The predicted octanol–water partition coefficient (Wildman–Crippen LogP) is 3.72. The van der Waals surface area contributed by atoms with Crippen LogP contribution in [0, 0.1) is 0 Å². The zero-order valence-electron chi connectivity index (χ0n) is 14.3. The Morgan fingerprint density at radius 1 is 1.14 bits per heavy atom.